The minimum atomic E-state index is -1.00. The third-order valence-corrected chi connectivity index (χ3v) is 4.79. The summed E-state index contributed by atoms with van der Waals surface area (Å²) in [6.07, 6.45) is 10.3. The quantitative estimate of drug-likeness (QED) is 0.303. The fourth-order valence-corrected chi connectivity index (χ4v) is 3.16. The first kappa shape index (κ1) is 22.1. The number of hydrogen-bond donors (Lipinski definition) is 1. The Morgan fingerprint density at radius 3 is 2.17 bits per heavy atom. The number of hydrogen-bond acceptors (Lipinski definition) is 3. The Bertz CT molecular complexity index is 334. The van der Waals surface area contributed by atoms with Crippen LogP contribution in [-0.4, -0.2) is 47.3 Å². The molecule has 0 fully saturated rings. The van der Waals surface area contributed by atoms with Crippen molar-refractivity contribution in [2.75, 3.05) is 19.6 Å². The van der Waals surface area contributed by atoms with Crippen molar-refractivity contribution in [1.29, 1.82) is 0 Å². The van der Waals surface area contributed by atoms with Gasteiger partial charge in [0.05, 0.1) is 19.1 Å². The molecule has 2 unspecified atom stereocenters. The van der Waals surface area contributed by atoms with E-state index in [1.54, 1.807) is 6.92 Å². The predicted molar refractivity (Wildman–Crippen MR) is 93.8 cm³/mol. The van der Waals surface area contributed by atoms with Crippen molar-refractivity contribution in [3.8, 4) is 0 Å². The number of aliphatic hydroxyl groups is 1. The number of nitrogens with zero attached hydrogens (tertiary/aromatic N) is 1. The third kappa shape index (κ3) is 8.52. The van der Waals surface area contributed by atoms with Gasteiger partial charge in [-0.25, -0.2) is 0 Å². The summed E-state index contributed by atoms with van der Waals surface area (Å²) in [5, 5.41) is 22.0. The Kier molecular flexibility index (Phi) is 12.1. The summed E-state index contributed by atoms with van der Waals surface area (Å²) in [6, 6.07) is -0.571. The van der Waals surface area contributed by atoms with Gasteiger partial charge in [0.2, 0.25) is 0 Å². The van der Waals surface area contributed by atoms with E-state index in [9.17, 15) is 15.0 Å². The molecular weight excluding hydrogens is 290 g/mol. The van der Waals surface area contributed by atoms with Gasteiger partial charge in [-0.05, 0) is 46.0 Å². The zero-order valence-corrected chi connectivity index (χ0v) is 15.6. The highest BCUT2D eigenvalue weighted by molar-refractivity contribution is 5.69. The largest absolute Gasteiger partial charge is 0.544 e. The molecule has 0 heterocycles. The molecular formula is C19H37NO3. The number of unbranched alkanes of at least 4 members (excludes halogenated alkanes) is 3. The Hall–Kier alpha value is -0.870. The van der Waals surface area contributed by atoms with E-state index in [-0.39, 0.29) is 0 Å². The summed E-state index contributed by atoms with van der Waals surface area (Å²) >= 11 is 0. The second kappa shape index (κ2) is 12.5. The van der Waals surface area contributed by atoms with Crippen molar-refractivity contribution in [3.05, 3.63) is 12.2 Å². The van der Waals surface area contributed by atoms with E-state index in [0.717, 1.165) is 58.0 Å². The summed E-state index contributed by atoms with van der Waals surface area (Å²) in [6.45, 7) is 10.1. The van der Waals surface area contributed by atoms with E-state index in [4.69, 9.17) is 0 Å². The minimum Gasteiger partial charge on any atom is -0.544 e. The van der Waals surface area contributed by atoms with Crippen LogP contribution in [0.4, 0.5) is 0 Å². The van der Waals surface area contributed by atoms with Crippen LogP contribution < -0.4 is 5.11 Å². The number of carboxylic acids is 1. The van der Waals surface area contributed by atoms with Gasteiger partial charge in [-0.2, -0.15) is 0 Å². The number of allylic oxidation sites excluding steroid dienone is 2. The number of aliphatic hydroxyl groups excluding tert-OH is 1. The van der Waals surface area contributed by atoms with Gasteiger partial charge in [0.15, 0.2) is 0 Å². The highest BCUT2D eigenvalue weighted by Crippen LogP contribution is 2.20. The molecule has 0 radical (unpaired) electrons. The van der Waals surface area contributed by atoms with Gasteiger partial charge >= 0.3 is 0 Å². The van der Waals surface area contributed by atoms with Crippen molar-refractivity contribution in [1.82, 2.24) is 0 Å². The van der Waals surface area contributed by atoms with E-state index in [0.29, 0.717) is 11.0 Å². The standard InChI is InChI=1S/C19H37NO3/c1-5-8-11-12-13-18(21)16-20(14-9-6-2,15-10-7-3)17(4)19(22)23/h5,8,17-18,21H,6-7,9-16H2,1-4H3/b8-5+. The highest BCUT2D eigenvalue weighted by Gasteiger charge is 2.35. The zero-order chi connectivity index (χ0) is 17.7. The number of rotatable bonds is 14. The molecule has 0 amide bonds. The second-order valence-corrected chi connectivity index (χ2v) is 6.70. The van der Waals surface area contributed by atoms with Crippen LogP contribution in [0.1, 0.15) is 72.6 Å². The van der Waals surface area contributed by atoms with Gasteiger partial charge in [0.1, 0.15) is 18.7 Å². The lowest BCUT2D eigenvalue weighted by molar-refractivity contribution is -0.946. The monoisotopic (exact) mass is 327 g/mol. The third-order valence-electron chi connectivity index (χ3n) is 4.79. The SMILES string of the molecule is C/C=C/CCCC(O)C[N+](CCCC)(CCCC)C(C)C(=O)[O-]. The first-order valence-corrected chi connectivity index (χ1v) is 9.29. The first-order valence-electron chi connectivity index (χ1n) is 9.29. The molecule has 4 nitrogen and oxygen atoms in total. The van der Waals surface area contributed by atoms with Gasteiger partial charge in [0, 0.05) is 0 Å². The Balaban J connectivity index is 4.99. The molecule has 1 N–H and O–H groups in total. The normalized spacial score (nSPS) is 15.0. The average Bonchev–Trinajstić information content (AvgIpc) is 2.53. The van der Waals surface area contributed by atoms with Crippen LogP contribution in [-0.2, 0) is 4.79 Å². The Morgan fingerprint density at radius 2 is 1.74 bits per heavy atom. The van der Waals surface area contributed by atoms with Crippen LogP contribution in [0.5, 0.6) is 0 Å². The molecule has 0 aromatic rings. The van der Waals surface area contributed by atoms with E-state index in [1.807, 2.05) is 13.0 Å². The topological polar surface area (TPSA) is 60.4 Å². The molecule has 0 aromatic carbocycles. The maximum absolute atomic E-state index is 11.5. The van der Waals surface area contributed by atoms with E-state index < -0.39 is 18.1 Å². The summed E-state index contributed by atoms with van der Waals surface area (Å²) in [4.78, 5) is 11.5. The number of carboxylic acid groups (broad SMARTS) is 1. The van der Waals surface area contributed by atoms with Gasteiger partial charge in [0.25, 0.3) is 0 Å². The molecule has 0 aromatic heterocycles. The van der Waals surface area contributed by atoms with Crippen molar-refractivity contribution in [2.45, 2.75) is 84.8 Å². The lowest BCUT2D eigenvalue weighted by Crippen LogP contribution is -2.63. The van der Waals surface area contributed by atoms with E-state index >= 15 is 0 Å². The molecule has 0 aliphatic rings. The van der Waals surface area contributed by atoms with Crippen LogP contribution >= 0.6 is 0 Å². The van der Waals surface area contributed by atoms with E-state index in [2.05, 4.69) is 19.9 Å². The average molecular weight is 328 g/mol. The lowest BCUT2D eigenvalue weighted by Gasteiger charge is -2.45. The first-order chi connectivity index (χ1) is 10.9. The van der Waals surface area contributed by atoms with Crippen LogP contribution in [0.15, 0.2) is 12.2 Å². The predicted octanol–water partition coefficient (Wildman–Crippen LogP) is 2.65. The molecule has 0 spiro atoms. The maximum atomic E-state index is 11.5. The zero-order valence-electron chi connectivity index (χ0n) is 15.6. The van der Waals surface area contributed by atoms with Crippen LogP contribution in [0.3, 0.4) is 0 Å². The molecule has 0 aliphatic carbocycles. The summed E-state index contributed by atoms with van der Waals surface area (Å²) in [5.74, 6) is -1.00. The maximum Gasteiger partial charge on any atom is 0.126 e. The second-order valence-electron chi connectivity index (χ2n) is 6.70. The molecule has 0 bridgehead atoms. The van der Waals surface area contributed by atoms with Crippen molar-refractivity contribution in [3.63, 3.8) is 0 Å². The van der Waals surface area contributed by atoms with Crippen LogP contribution in [0.2, 0.25) is 0 Å². The van der Waals surface area contributed by atoms with Gasteiger partial charge in [-0.3, -0.25) is 0 Å². The fourth-order valence-electron chi connectivity index (χ4n) is 3.16. The van der Waals surface area contributed by atoms with Gasteiger partial charge in [-0.15, -0.1) is 0 Å². The summed E-state index contributed by atoms with van der Waals surface area (Å²) < 4.78 is 0.453. The lowest BCUT2D eigenvalue weighted by atomic mass is 10.0. The molecule has 0 saturated heterocycles. The van der Waals surface area contributed by atoms with Crippen LogP contribution in [0, 0.1) is 0 Å². The smallest absolute Gasteiger partial charge is 0.126 e. The minimum absolute atomic E-state index is 0.448. The summed E-state index contributed by atoms with van der Waals surface area (Å²) in [7, 11) is 0. The number of carbonyl (C=O) groups excluding carboxylic acids is 1. The van der Waals surface area contributed by atoms with Crippen molar-refractivity contribution < 1.29 is 19.5 Å². The Labute approximate surface area is 142 Å². The number of quaternary nitrogens is 1. The highest BCUT2D eigenvalue weighted by atomic mass is 16.4. The summed E-state index contributed by atoms with van der Waals surface area (Å²) in [5.41, 5.74) is 0. The molecule has 0 rings (SSSR count). The van der Waals surface area contributed by atoms with Crippen molar-refractivity contribution in [2.24, 2.45) is 0 Å². The molecule has 2 atom stereocenters. The Morgan fingerprint density at radius 1 is 1.17 bits per heavy atom. The number of aliphatic carboxylic acids is 1. The van der Waals surface area contributed by atoms with Crippen LogP contribution in [0.25, 0.3) is 0 Å². The number of carbonyl (C=O) groups is 1. The molecule has 0 aliphatic heterocycles. The van der Waals surface area contributed by atoms with Gasteiger partial charge in [-0.1, -0.05) is 38.8 Å². The molecule has 4 heteroatoms. The van der Waals surface area contributed by atoms with Gasteiger partial charge < -0.3 is 19.5 Å². The van der Waals surface area contributed by atoms with Crippen molar-refractivity contribution >= 4 is 5.97 Å². The molecule has 0 saturated carbocycles. The fraction of sp³-hybridized carbons (Fsp3) is 0.842. The molecule has 23 heavy (non-hydrogen) atoms. The molecule has 136 valence electrons. The van der Waals surface area contributed by atoms with E-state index in [1.165, 1.54) is 0 Å².